The van der Waals surface area contributed by atoms with Gasteiger partial charge >= 0.3 is 6.18 Å². The van der Waals surface area contributed by atoms with Crippen molar-refractivity contribution in [1.82, 2.24) is 5.48 Å². The molecule has 0 aliphatic carbocycles. The molecule has 7 heteroatoms. The van der Waals surface area contributed by atoms with Crippen LogP contribution in [0.3, 0.4) is 0 Å². The van der Waals surface area contributed by atoms with Crippen molar-refractivity contribution in [3.05, 3.63) is 28.7 Å². The largest absolute Gasteiger partial charge is 0.405 e. The SMILES string of the molecule is CC(NON(C)c1ccccc1Br)C(F)(F)F. The molecule has 17 heavy (non-hydrogen) atoms. The molecule has 0 radical (unpaired) electrons. The van der Waals surface area contributed by atoms with Crippen molar-refractivity contribution in [2.24, 2.45) is 0 Å². The van der Waals surface area contributed by atoms with Crippen molar-refractivity contribution >= 4 is 21.6 Å². The molecule has 0 bridgehead atoms. The lowest BCUT2D eigenvalue weighted by molar-refractivity contribution is -0.181. The predicted molar refractivity (Wildman–Crippen MR) is 62.3 cm³/mol. The first-order valence-corrected chi connectivity index (χ1v) is 5.59. The molecule has 1 aromatic carbocycles. The van der Waals surface area contributed by atoms with Crippen LogP contribution in [0.25, 0.3) is 0 Å². The van der Waals surface area contributed by atoms with Gasteiger partial charge in [0.15, 0.2) is 0 Å². The molecular formula is C10H12BrF3N2O. The van der Waals surface area contributed by atoms with Crippen LogP contribution >= 0.6 is 15.9 Å². The van der Waals surface area contributed by atoms with Crippen LogP contribution in [0.2, 0.25) is 0 Å². The van der Waals surface area contributed by atoms with Gasteiger partial charge in [0.05, 0.1) is 5.69 Å². The molecule has 0 aromatic heterocycles. The van der Waals surface area contributed by atoms with Crippen molar-refractivity contribution in [1.29, 1.82) is 0 Å². The number of nitrogens with zero attached hydrogens (tertiary/aromatic N) is 1. The average Bonchev–Trinajstić information content (AvgIpc) is 2.24. The lowest BCUT2D eigenvalue weighted by Gasteiger charge is -2.23. The minimum absolute atomic E-state index is 0.620. The van der Waals surface area contributed by atoms with Gasteiger partial charge in [-0.2, -0.15) is 23.6 Å². The molecule has 1 rings (SSSR count). The quantitative estimate of drug-likeness (QED) is 0.864. The highest BCUT2D eigenvalue weighted by Crippen LogP contribution is 2.25. The lowest BCUT2D eigenvalue weighted by atomic mass is 10.3. The van der Waals surface area contributed by atoms with Crippen LogP contribution in [0.5, 0.6) is 0 Å². The zero-order valence-electron chi connectivity index (χ0n) is 9.25. The molecule has 0 aliphatic rings. The highest BCUT2D eigenvalue weighted by atomic mass is 79.9. The summed E-state index contributed by atoms with van der Waals surface area (Å²) in [6, 6.07) is 5.29. The number of nitrogens with one attached hydrogen (secondary N) is 1. The summed E-state index contributed by atoms with van der Waals surface area (Å²) in [5, 5.41) is 1.21. The minimum Gasteiger partial charge on any atom is -0.237 e. The summed E-state index contributed by atoms with van der Waals surface area (Å²) in [5.74, 6) is 0. The Morgan fingerprint density at radius 2 is 1.94 bits per heavy atom. The van der Waals surface area contributed by atoms with Gasteiger partial charge in [0.1, 0.15) is 6.04 Å². The van der Waals surface area contributed by atoms with Crippen molar-refractivity contribution in [3.63, 3.8) is 0 Å². The maximum atomic E-state index is 12.2. The van der Waals surface area contributed by atoms with Gasteiger partial charge in [-0.05, 0) is 35.0 Å². The summed E-state index contributed by atoms with van der Waals surface area (Å²) in [5.41, 5.74) is 2.55. The molecule has 1 unspecified atom stereocenters. The van der Waals surface area contributed by atoms with Crippen molar-refractivity contribution in [3.8, 4) is 0 Å². The molecule has 0 aliphatic heterocycles. The number of benzene rings is 1. The van der Waals surface area contributed by atoms with E-state index in [4.69, 9.17) is 4.94 Å². The Balaban J connectivity index is 2.57. The molecule has 3 nitrogen and oxygen atoms in total. The average molecular weight is 313 g/mol. The number of alkyl halides is 3. The number of hydroxylamine groups is 2. The number of hydrogen-bond donors (Lipinski definition) is 1. The van der Waals surface area contributed by atoms with Gasteiger partial charge < -0.3 is 0 Å². The summed E-state index contributed by atoms with van der Waals surface area (Å²) in [6.07, 6.45) is -4.34. The van der Waals surface area contributed by atoms with E-state index >= 15 is 0 Å². The van der Waals surface area contributed by atoms with E-state index < -0.39 is 12.2 Å². The summed E-state index contributed by atoms with van der Waals surface area (Å²) < 4.78 is 37.4. The Bertz CT molecular complexity index is 373. The number of hydrogen-bond acceptors (Lipinski definition) is 3. The summed E-state index contributed by atoms with van der Waals surface area (Å²) in [4.78, 5) is 4.83. The molecule has 0 saturated heterocycles. The van der Waals surface area contributed by atoms with Gasteiger partial charge in [-0.3, -0.25) is 0 Å². The summed E-state index contributed by atoms with van der Waals surface area (Å²) in [7, 11) is 1.51. The summed E-state index contributed by atoms with van der Waals surface area (Å²) in [6.45, 7) is 0.980. The second-order valence-electron chi connectivity index (χ2n) is 3.42. The Labute approximate surface area is 106 Å². The zero-order valence-corrected chi connectivity index (χ0v) is 10.8. The minimum atomic E-state index is -4.34. The number of anilines is 1. The van der Waals surface area contributed by atoms with Gasteiger partial charge in [-0.1, -0.05) is 12.1 Å². The smallest absolute Gasteiger partial charge is 0.237 e. The third-order valence-corrected chi connectivity index (χ3v) is 2.72. The van der Waals surface area contributed by atoms with E-state index in [1.54, 1.807) is 24.3 Å². The zero-order chi connectivity index (χ0) is 13.1. The van der Waals surface area contributed by atoms with E-state index in [2.05, 4.69) is 15.9 Å². The molecule has 1 aromatic rings. The molecule has 0 saturated carbocycles. The molecular weight excluding hydrogens is 301 g/mol. The molecule has 0 fully saturated rings. The van der Waals surface area contributed by atoms with E-state index in [9.17, 15) is 13.2 Å². The van der Waals surface area contributed by atoms with Gasteiger partial charge in [0.2, 0.25) is 0 Å². The van der Waals surface area contributed by atoms with Gasteiger partial charge in [-0.15, -0.1) is 0 Å². The van der Waals surface area contributed by atoms with Crippen LogP contribution in [0.15, 0.2) is 28.7 Å². The molecule has 96 valence electrons. The van der Waals surface area contributed by atoms with Crippen LogP contribution in [0.1, 0.15) is 6.92 Å². The van der Waals surface area contributed by atoms with Crippen molar-refractivity contribution in [2.75, 3.05) is 12.1 Å². The summed E-state index contributed by atoms with van der Waals surface area (Å²) >= 11 is 3.27. The number of rotatable bonds is 4. The first-order valence-electron chi connectivity index (χ1n) is 4.80. The molecule has 1 atom stereocenters. The molecule has 1 N–H and O–H groups in total. The second-order valence-corrected chi connectivity index (χ2v) is 4.28. The van der Waals surface area contributed by atoms with E-state index in [1.165, 1.54) is 12.1 Å². The Hall–Kier alpha value is -0.790. The van der Waals surface area contributed by atoms with Crippen LogP contribution in [0.4, 0.5) is 18.9 Å². The Morgan fingerprint density at radius 1 is 1.35 bits per heavy atom. The number of halogens is 4. The highest BCUT2D eigenvalue weighted by Gasteiger charge is 2.36. The maximum absolute atomic E-state index is 12.2. The van der Waals surface area contributed by atoms with E-state index in [0.717, 1.165) is 11.4 Å². The third kappa shape index (κ3) is 4.18. The van der Waals surface area contributed by atoms with E-state index in [1.807, 2.05) is 5.48 Å². The van der Waals surface area contributed by atoms with Gasteiger partial charge in [0.25, 0.3) is 0 Å². The highest BCUT2D eigenvalue weighted by molar-refractivity contribution is 9.10. The first-order chi connectivity index (χ1) is 7.82. The predicted octanol–water partition coefficient (Wildman–Crippen LogP) is 3.27. The van der Waals surface area contributed by atoms with E-state index in [0.29, 0.717) is 5.69 Å². The van der Waals surface area contributed by atoms with Crippen molar-refractivity contribution < 1.29 is 18.1 Å². The van der Waals surface area contributed by atoms with Crippen LogP contribution in [-0.2, 0) is 4.94 Å². The Morgan fingerprint density at radius 3 is 2.47 bits per heavy atom. The fourth-order valence-corrected chi connectivity index (χ4v) is 1.52. The fraction of sp³-hybridized carbons (Fsp3) is 0.400. The van der Waals surface area contributed by atoms with Crippen LogP contribution in [0, 0.1) is 0 Å². The topological polar surface area (TPSA) is 24.5 Å². The monoisotopic (exact) mass is 312 g/mol. The van der Waals surface area contributed by atoms with Gasteiger partial charge in [-0.25, -0.2) is 5.06 Å². The van der Waals surface area contributed by atoms with Crippen LogP contribution < -0.4 is 10.5 Å². The van der Waals surface area contributed by atoms with E-state index in [-0.39, 0.29) is 0 Å². The lowest BCUT2D eigenvalue weighted by Crippen LogP contribution is -2.43. The fourth-order valence-electron chi connectivity index (χ4n) is 0.981. The standard InChI is InChI=1S/C10H12BrF3N2O/c1-7(10(12,13)14)15-17-16(2)9-6-4-3-5-8(9)11/h3-7,15H,1-2H3. The maximum Gasteiger partial charge on any atom is 0.405 e. The normalized spacial score (nSPS) is 13.5. The molecule has 0 heterocycles. The third-order valence-electron chi connectivity index (χ3n) is 2.05. The molecule has 0 amide bonds. The van der Waals surface area contributed by atoms with Gasteiger partial charge in [0, 0.05) is 11.5 Å². The first kappa shape index (κ1) is 14.3. The second kappa shape index (κ2) is 5.70. The van der Waals surface area contributed by atoms with Crippen LogP contribution in [-0.4, -0.2) is 19.3 Å². The number of para-hydroxylation sites is 1. The molecule has 0 spiro atoms. The van der Waals surface area contributed by atoms with Crippen molar-refractivity contribution in [2.45, 2.75) is 19.1 Å². The Kier molecular flexibility index (Phi) is 4.79.